The highest BCUT2D eigenvalue weighted by Crippen LogP contribution is 2.17. The van der Waals surface area contributed by atoms with Crippen LogP contribution in [0.2, 0.25) is 0 Å². The van der Waals surface area contributed by atoms with Gasteiger partial charge in [-0.3, -0.25) is 0 Å². The zero-order chi connectivity index (χ0) is 15.9. The van der Waals surface area contributed by atoms with E-state index in [9.17, 15) is 9.90 Å². The Labute approximate surface area is 125 Å². The summed E-state index contributed by atoms with van der Waals surface area (Å²) in [6.45, 7) is 5.87. The van der Waals surface area contributed by atoms with Gasteiger partial charge in [-0.25, -0.2) is 4.79 Å². The number of urea groups is 1. The Morgan fingerprint density at radius 1 is 1.52 bits per heavy atom. The Hall–Kier alpha value is -1.53. The summed E-state index contributed by atoms with van der Waals surface area (Å²) in [6.07, 6.45) is 1.57. The van der Waals surface area contributed by atoms with Gasteiger partial charge in [0.15, 0.2) is 0 Å². The van der Waals surface area contributed by atoms with Crippen molar-refractivity contribution in [3.63, 3.8) is 0 Å². The third-order valence-electron chi connectivity index (χ3n) is 3.31. The number of rotatable bonds is 8. The van der Waals surface area contributed by atoms with Gasteiger partial charge in [0.2, 0.25) is 0 Å². The number of hydrogen-bond acceptors (Lipinski definition) is 4. The number of aryl methyl sites for hydroxylation is 1. The maximum Gasteiger partial charge on any atom is 0.315 e. The molecular weight excluding hydrogens is 272 g/mol. The smallest absolute Gasteiger partial charge is 0.315 e. The van der Waals surface area contributed by atoms with Gasteiger partial charge in [0.1, 0.15) is 17.6 Å². The first-order valence-electron chi connectivity index (χ1n) is 7.19. The van der Waals surface area contributed by atoms with E-state index in [1.165, 1.54) is 0 Å². The number of carbonyl (C=O) groups excluding carboxylic acids is 1. The van der Waals surface area contributed by atoms with Gasteiger partial charge >= 0.3 is 6.03 Å². The number of methoxy groups -OCH3 is 1. The summed E-state index contributed by atoms with van der Waals surface area (Å²) >= 11 is 0. The maximum atomic E-state index is 12.1. The molecule has 0 radical (unpaired) electrons. The molecule has 1 rings (SSSR count). The Balaban J connectivity index is 2.68. The van der Waals surface area contributed by atoms with E-state index in [-0.39, 0.29) is 18.7 Å². The minimum atomic E-state index is -0.629. The molecule has 0 spiro atoms. The molecule has 1 aromatic rings. The van der Waals surface area contributed by atoms with Gasteiger partial charge in [0, 0.05) is 7.11 Å². The molecule has 0 aliphatic rings. The zero-order valence-electron chi connectivity index (χ0n) is 13.2. The quantitative estimate of drug-likeness (QED) is 0.686. The molecular formula is C15H26N2O4. The lowest BCUT2D eigenvalue weighted by Crippen LogP contribution is -2.53. The standard InChI is InChI=1S/C15H26N2O4/c1-5-8-15(3,10-18)17-14(19)16-12(9-20-4)13-7-6-11(2)21-13/h6-7,12,18H,5,8-10H2,1-4H3,(H2,16,17,19). The number of hydrogen-bond donors (Lipinski definition) is 3. The van der Waals surface area contributed by atoms with Gasteiger partial charge in [-0.2, -0.15) is 0 Å². The summed E-state index contributed by atoms with van der Waals surface area (Å²) in [7, 11) is 1.57. The molecule has 2 unspecified atom stereocenters. The summed E-state index contributed by atoms with van der Waals surface area (Å²) in [6, 6.07) is 2.94. The molecule has 2 atom stereocenters. The number of ether oxygens (including phenoxy) is 1. The second-order valence-corrected chi connectivity index (χ2v) is 5.52. The molecule has 6 heteroatoms. The van der Waals surface area contributed by atoms with Crippen LogP contribution in [0.25, 0.3) is 0 Å². The van der Waals surface area contributed by atoms with Crippen molar-refractivity contribution in [2.24, 2.45) is 0 Å². The van der Waals surface area contributed by atoms with Crippen molar-refractivity contribution in [3.05, 3.63) is 23.7 Å². The number of nitrogens with one attached hydrogen (secondary N) is 2. The molecule has 0 aliphatic heterocycles. The third-order valence-corrected chi connectivity index (χ3v) is 3.31. The minimum absolute atomic E-state index is 0.108. The molecule has 21 heavy (non-hydrogen) atoms. The number of aliphatic hydroxyl groups excluding tert-OH is 1. The van der Waals surface area contributed by atoms with Crippen LogP contribution in [0.1, 0.15) is 44.3 Å². The van der Waals surface area contributed by atoms with E-state index in [4.69, 9.17) is 9.15 Å². The van der Waals surface area contributed by atoms with Gasteiger partial charge < -0.3 is 24.9 Å². The van der Waals surface area contributed by atoms with E-state index in [0.29, 0.717) is 18.8 Å². The van der Waals surface area contributed by atoms with Crippen LogP contribution >= 0.6 is 0 Å². The summed E-state index contributed by atoms with van der Waals surface area (Å²) in [5.41, 5.74) is -0.629. The third kappa shape index (κ3) is 5.40. The Kier molecular flexibility index (Phi) is 6.71. The molecule has 0 aromatic carbocycles. The number of amides is 2. The van der Waals surface area contributed by atoms with Crippen molar-refractivity contribution in [2.45, 2.75) is 45.2 Å². The average molecular weight is 298 g/mol. The summed E-state index contributed by atoms with van der Waals surface area (Å²) in [4.78, 5) is 12.1. The van der Waals surface area contributed by atoms with Gasteiger partial charge in [-0.15, -0.1) is 0 Å². The lowest BCUT2D eigenvalue weighted by atomic mass is 9.97. The molecule has 1 heterocycles. The first-order chi connectivity index (χ1) is 9.94. The van der Waals surface area contributed by atoms with Gasteiger partial charge in [-0.05, 0) is 32.4 Å². The highest BCUT2D eigenvalue weighted by atomic mass is 16.5. The highest BCUT2D eigenvalue weighted by molar-refractivity contribution is 5.75. The van der Waals surface area contributed by atoms with Crippen LogP contribution in [0.4, 0.5) is 4.79 Å². The fraction of sp³-hybridized carbons (Fsp3) is 0.667. The zero-order valence-corrected chi connectivity index (χ0v) is 13.2. The van der Waals surface area contributed by atoms with E-state index in [2.05, 4.69) is 10.6 Å². The maximum absolute atomic E-state index is 12.1. The minimum Gasteiger partial charge on any atom is -0.464 e. The van der Waals surface area contributed by atoms with Gasteiger partial charge in [0.25, 0.3) is 0 Å². The second kappa shape index (κ2) is 8.05. The fourth-order valence-electron chi connectivity index (χ4n) is 2.20. The van der Waals surface area contributed by atoms with Crippen molar-refractivity contribution in [1.29, 1.82) is 0 Å². The van der Waals surface area contributed by atoms with Crippen LogP contribution < -0.4 is 10.6 Å². The average Bonchev–Trinajstić information content (AvgIpc) is 2.85. The van der Waals surface area contributed by atoms with E-state index < -0.39 is 5.54 Å². The van der Waals surface area contributed by atoms with Crippen molar-refractivity contribution >= 4 is 6.03 Å². The largest absolute Gasteiger partial charge is 0.464 e. The Morgan fingerprint density at radius 3 is 2.71 bits per heavy atom. The SMILES string of the molecule is CCCC(C)(CO)NC(=O)NC(COC)c1ccc(C)o1. The van der Waals surface area contributed by atoms with E-state index >= 15 is 0 Å². The van der Waals surface area contributed by atoms with E-state index in [0.717, 1.165) is 12.2 Å². The molecule has 0 fully saturated rings. The second-order valence-electron chi connectivity index (χ2n) is 5.52. The predicted molar refractivity (Wildman–Crippen MR) is 80.1 cm³/mol. The van der Waals surface area contributed by atoms with Crippen molar-refractivity contribution in [3.8, 4) is 0 Å². The molecule has 0 saturated heterocycles. The molecule has 0 saturated carbocycles. The summed E-state index contributed by atoms with van der Waals surface area (Å²) in [5.74, 6) is 1.42. The molecule has 120 valence electrons. The number of furan rings is 1. The van der Waals surface area contributed by atoms with Crippen LogP contribution in [-0.4, -0.2) is 37.0 Å². The van der Waals surface area contributed by atoms with E-state index in [1.54, 1.807) is 7.11 Å². The predicted octanol–water partition coefficient (Wildman–Crippen LogP) is 2.13. The molecule has 2 amide bonds. The molecule has 1 aromatic heterocycles. The van der Waals surface area contributed by atoms with Crippen LogP contribution in [0.5, 0.6) is 0 Å². The van der Waals surface area contributed by atoms with E-state index in [1.807, 2.05) is 32.9 Å². The lowest BCUT2D eigenvalue weighted by Gasteiger charge is -2.29. The van der Waals surface area contributed by atoms with Crippen molar-refractivity contribution < 1.29 is 19.1 Å². The number of aliphatic hydroxyl groups is 1. The Morgan fingerprint density at radius 2 is 2.24 bits per heavy atom. The lowest BCUT2D eigenvalue weighted by molar-refractivity contribution is 0.144. The van der Waals surface area contributed by atoms with Crippen LogP contribution in [0, 0.1) is 6.92 Å². The molecule has 6 nitrogen and oxygen atoms in total. The van der Waals surface area contributed by atoms with Crippen molar-refractivity contribution in [1.82, 2.24) is 10.6 Å². The van der Waals surface area contributed by atoms with Gasteiger partial charge in [-0.1, -0.05) is 13.3 Å². The first-order valence-corrected chi connectivity index (χ1v) is 7.19. The molecule has 0 bridgehead atoms. The molecule has 3 N–H and O–H groups in total. The topological polar surface area (TPSA) is 83.7 Å². The van der Waals surface area contributed by atoms with Gasteiger partial charge in [0.05, 0.1) is 18.8 Å². The van der Waals surface area contributed by atoms with Crippen molar-refractivity contribution in [2.75, 3.05) is 20.3 Å². The van der Waals surface area contributed by atoms with Crippen LogP contribution in [0.15, 0.2) is 16.5 Å². The normalized spacial score (nSPS) is 15.3. The molecule has 0 aliphatic carbocycles. The van der Waals surface area contributed by atoms with Crippen LogP contribution in [0.3, 0.4) is 0 Å². The summed E-state index contributed by atoms with van der Waals surface area (Å²) in [5, 5.41) is 15.1. The summed E-state index contributed by atoms with van der Waals surface area (Å²) < 4.78 is 10.7. The first kappa shape index (κ1) is 17.5. The number of carbonyl (C=O) groups is 1. The Bertz CT molecular complexity index is 447. The monoisotopic (exact) mass is 298 g/mol. The fourth-order valence-corrected chi connectivity index (χ4v) is 2.20. The van der Waals surface area contributed by atoms with Crippen LogP contribution in [-0.2, 0) is 4.74 Å². The highest BCUT2D eigenvalue weighted by Gasteiger charge is 2.26.